The number of aliphatic hydroxyl groups is 1. The molecule has 2 aliphatic rings. The summed E-state index contributed by atoms with van der Waals surface area (Å²) < 4.78 is 33.1. The maximum absolute atomic E-state index is 14.8. The van der Waals surface area contributed by atoms with Crippen molar-refractivity contribution in [2.45, 2.75) is 166 Å². The van der Waals surface area contributed by atoms with Crippen LogP contribution in [-0.2, 0) is 72.0 Å². The number of phenolic OH excluding ortho intramolecular Hbond substituents is 1. The van der Waals surface area contributed by atoms with E-state index in [1.165, 1.54) is 46.4 Å². The van der Waals surface area contributed by atoms with Crippen LogP contribution in [0.15, 0.2) is 90.7 Å². The molecule has 3 aromatic heterocycles. The summed E-state index contributed by atoms with van der Waals surface area (Å²) in [5.41, 5.74) is 8.32. The van der Waals surface area contributed by atoms with Gasteiger partial charge in [0, 0.05) is 86.7 Å². The van der Waals surface area contributed by atoms with Crippen molar-refractivity contribution in [2.75, 3.05) is 26.2 Å². The van der Waals surface area contributed by atoms with Crippen LogP contribution < -0.4 is 53.6 Å². The smallest absolute Gasteiger partial charge is 0.490 e. The molecule has 2 aromatic carbocycles. The van der Waals surface area contributed by atoms with Crippen LogP contribution in [0.5, 0.6) is 5.75 Å². The Morgan fingerprint density at radius 3 is 1.85 bits per heavy atom. The lowest BCUT2D eigenvalue weighted by Gasteiger charge is -2.31. The van der Waals surface area contributed by atoms with E-state index in [1.54, 1.807) is 43.7 Å². The first-order chi connectivity index (χ1) is 46.5. The zero-order valence-electron chi connectivity index (χ0n) is 54.8. The topological polar surface area (TPSA) is 461 Å². The molecule has 7 rings (SSSR count). The summed E-state index contributed by atoms with van der Waals surface area (Å²) >= 11 is 0. The number of aromatic hydroxyl groups is 1. The summed E-state index contributed by atoms with van der Waals surface area (Å²) in [4.78, 5) is 165. The second kappa shape index (κ2) is 36.6. The summed E-state index contributed by atoms with van der Waals surface area (Å²) in [6.45, 7) is 8.86. The molecule has 0 aliphatic carbocycles. The van der Waals surface area contributed by atoms with Crippen LogP contribution in [0.25, 0.3) is 10.9 Å². The Balaban J connectivity index is 0.00000205. The number of rotatable bonds is 32. The molecule has 5 aromatic rings. The average Bonchev–Trinajstić information content (AvgIpc) is 1.62. The van der Waals surface area contributed by atoms with Gasteiger partial charge in [-0.3, -0.25) is 52.9 Å². The molecular formula is C64H86F3N17O14. The van der Waals surface area contributed by atoms with Gasteiger partial charge in [-0.2, -0.15) is 18.3 Å². The summed E-state index contributed by atoms with van der Waals surface area (Å²) in [5.74, 6) is -10.0. The van der Waals surface area contributed by atoms with E-state index in [9.17, 15) is 71.3 Å². The number of carbonyl (C=O) groups excluding carboxylic acids is 10. The molecule has 0 unspecified atom stereocenters. The third-order valence-electron chi connectivity index (χ3n) is 15.9. The number of alkyl halides is 3. The van der Waals surface area contributed by atoms with Crippen molar-refractivity contribution in [3.63, 3.8) is 0 Å². The third-order valence-corrected chi connectivity index (χ3v) is 15.9. The zero-order chi connectivity index (χ0) is 71.8. The number of benzene rings is 2. The van der Waals surface area contributed by atoms with Crippen molar-refractivity contribution in [2.24, 2.45) is 22.6 Å². The number of carbonyl (C=O) groups is 11. The van der Waals surface area contributed by atoms with Gasteiger partial charge in [0.05, 0.1) is 12.9 Å². The van der Waals surface area contributed by atoms with Crippen LogP contribution >= 0.6 is 0 Å². The SMILES string of the molecule is CCNC(=O)[C@@H]1CCCN1C(=O)[C@H](CCCN=C(N)n1cccn1)NC(=O)[C@H](CC(C)C)NC(=O)[C@@H](CC(C)C)NC(=O)[C@H](Cc1ccc(O)cc1)NC(=O)[C@H](CO)NC(=O)[C@H](Cc1c[nH]c2ccccc12)NC(=O)[C@H](Cc1cnc[nH]1)NC(=O)[C@@H]1CCC(=O)N1.O=C(O)C(F)(F)F. The van der Waals surface area contributed by atoms with E-state index in [4.69, 9.17) is 15.6 Å². The quantitative estimate of drug-likeness (QED) is 0.0153. The maximum atomic E-state index is 14.8. The van der Waals surface area contributed by atoms with Crippen LogP contribution in [0.3, 0.4) is 0 Å². The molecule has 9 atom stereocenters. The molecule has 2 aliphatic heterocycles. The Kier molecular flexibility index (Phi) is 28.6. The van der Waals surface area contributed by atoms with Gasteiger partial charge in [-0.05, 0) is 99.1 Å². The Bertz CT molecular complexity index is 3570. The predicted octanol–water partition coefficient (Wildman–Crippen LogP) is -0.0187. The van der Waals surface area contributed by atoms with Gasteiger partial charge >= 0.3 is 12.1 Å². The summed E-state index contributed by atoms with van der Waals surface area (Å²) in [5, 5.41) is 57.3. The van der Waals surface area contributed by atoms with Gasteiger partial charge in [-0.1, -0.05) is 58.0 Å². The number of likely N-dealkylation sites (N-methyl/N-ethyl adjacent to an activating group) is 1. The van der Waals surface area contributed by atoms with Gasteiger partial charge in [0.15, 0.2) is 0 Å². The Morgan fingerprint density at radius 1 is 0.724 bits per heavy atom. The fourth-order valence-corrected chi connectivity index (χ4v) is 11.0. The maximum Gasteiger partial charge on any atom is 0.490 e. The van der Waals surface area contributed by atoms with Gasteiger partial charge in [-0.15, -0.1) is 0 Å². The molecule has 0 radical (unpaired) electrons. The highest BCUT2D eigenvalue weighted by Crippen LogP contribution is 2.23. The molecule has 10 amide bonds. The van der Waals surface area contributed by atoms with Gasteiger partial charge in [-0.25, -0.2) is 14.5 Å². The molecule has 2 fully saturated rings. The molecule has 5 heterocycles. The number of hydrogen-bond acceptors (Lipinski definition) is 16. The number of nitrogens with zero attached hydrogens (tertiary/aromatic N) is 5. The molecular weight excluding hydrogens is 1290 g/mol. The molecule has 0 spiro atoms. The molecule has 34 heteroatoms. The highest BCUT2D eigenvalue weighted by molar-refractivity contribution is 5.99. The minimum absolute atomic E-state index is 0.0371. The Labute approximate surface area is 561 Å². The lowest BCUT2D eigenvalue weighted by Crippen LogP contribution is -2.61. The number of aromatic nitrogens is 5. The number of hydrogen-bond donors (Lipinski definition) is 15. The number of aliphatic hydroxyl groups excluding tert-OH is 1. The summed E-state index contributed by atoms with van der Waals surface area (Å²) in [6.07, 6.45) is 3.88. The predicted molar refractivity (Wildman–Crippen MR) is 347 cm³/mol. The number of carboxylic acids is 1. The van der Waals surface area contributed by atoms with E-state index in [0.717, 1.165) is 5.52 Å². The van der Waals surface area contributed by atoms with Crippen molar-refractivity contribution in [3.05, 3.63) is 103 Å². The number of fused-ring (bicyclic) bond motifs is 1. The normalized spacial score (nSPS) is 16.8. The van der Waals surface area contributed by atoms with Gasteiger partial charge in [0.2, 0.25) is 65.0 Å². The first kappa shape index (κ1) is 76.6. The van der Waals surface area contributed by atoms with E-state index < -0.39 is 120 Å². The Morgan fingerprint density at radius 2 is 1.30 bits per heavy atom. The monoisotopic (exact) mass is 1370 g/mol. The Hall–Kier alpha value is -10.4. The number of likely N-dealkylation sites (tertiary alicyclic amines) is 1. The number of nitrogens with one attached hydrogen (secondary N) is 11. The molecule has 98 heavy (non-hydrogen) atoms. The fourth-order valence-electron chi connectivity index (χ4n) is 11.0. The zero-order valence-corrected chi connectivity index (χ0v) is 54.8. The number of amides is 10. The number of para-hydroxylation sites is 1. The van der Waals surface area contributed by atoms with Crippen molar-refractivity contribution in [1.82, 2.24) is 77.5 Å². The molecule has 16 N–H and O–H groups in total. The molecule has 532 valence electrons. The van der Waals surface area contributed by atoms with Gasteiger partial charge < -0.3 is 83.8 Å². The summed E-state index contributed by atoms with van der Waals surface area (Å²) in [6, 6.07) is 3.23. The number of aromatic amines is 2. The van der Waals surface area contributed by atoms with Crippen LogP contribution in [0.2, 0.25) is 0 Å². The minimum Gasteiger partial charge on any atom is -0.508 e. The molecule has 31 nitrogen and oxygen atoms in total. The third kappa shape index (κ3) is 23.2. The molecule has 2 saturated heterocycles. The average molecular weight is 1370 g/mol. The fraction of sp³-hybridized carbons (Fsp3) is 0.500. The first-order valence-corrected chi connectivity index (χ1v) is 32.1. The van der Waals surface area contributed by atoms with Crippen molar-refractivity contribution in [1.29, 1.82) is 0 Å². The number of phenols is 1. The largest absolute Gasteiger partial charge is 0.508 e. The summed E-state index contributed by atoms with van der Waals surface area (Å²) in [7, 11) is 0. The second-order valence-electron chi connectivity index (χ2n) is 24.5. The number of H-pyrrole nitrogens is 2. The lowest BCUT2D eigenvalue weighted by molar-refractivity contribution is -0.192. The number of aliphatic imine (C=N–C) groups is 1. The van der Waals surface area contributed by atoms with Crippen molar-refractivity contribution in [3.8, 4) is 5.75 Å². The first-order valence-electron chi connectivity index (χ1n) is 32.1. The second-order valence-corrected chi connectivity index (χ2v) is 24.5. The van der Waals surface area contributed by atoms with Gasteiger partial charge in [0.1, 0.15) is 60.1 Å². The van der Waals surface area contributed by atoms with Crippen molar-refractivity contribution >= 4 is 81.9 Å². The highest BCUT2D eigenvalue weighted by Gasteiger charge is 2.41. The lowest BCUT2D eigenvalue weighted by atomic mass is 9.98. The van der Waals surface area contributed by atoms with E-state index in [-0.39, 0.29) is 106 Å². The number of carboxylic acid groups (broad SMARTS) is 1. The van der Waals surface area contributed by atoms with E-state index in [0.29, 0.717) is 41.6 Å². The molecule has 0 saturated carbocycles. The molecule has 0 bridgehead atoms. The van der Waals surface area contributed by atoms with Crippen LogP contribution in [0.4, 0.5) is 13.2 Å². The minimum atomic E-state index is -5.08. The number of halogens is 3. The van der Waals surface area contributed by atoms with Gasteiger partial charge in [0.25, 0.3) is 0 Å². The van der Waals surface area contributed by atoms with Crippen LogP contribution in [0, 0.1) is 11.8 Å². The number of nitrogens with two attached hydrogens (primary N) is 1. The number of aliphatic carboxylic acids is 1. The van der Waals surface area contributed by atoms with E-state index >= 15 is 0 Å². The van der Waals surface area contributed by atoms with Crippen LogP contribution in [0.1, 0.15) is 103 Å². The van der Waals surface area contributed by atoms with Crippen LogP contribution in [-0.4, -0.2) is 203 Å². The van der Waals surface area contributed by atoms with E-state index in [1.807, 2.05) is 39.8 Å². The standard InChI is InChI=1S/C62H85N17O12.C2HF3O2/c1-6-65-60(90)51-15-10-24-78(51)61(91)44(14-9-22-66-62(63)79-25-11-23-69-79)71-54(84)45(26-35(2)3)72-55(85)46(27-36(4)5)73-56(86)47(28-37-16-18-40(81)19-17-37)74-59(89)50(33-80)77-57(87)48(29-38-31-67-42-13-8-7-12-41(38)42)75-58(88)49(30-39-32-64-34-68-39)76-53(83)43-20-21-52(82)70-43;3-2(4,5)1(6)7/h7-8,11-13,16-19,23,25,31-32,34-36,43-51,67,80-81H,6,9-10,14-15,20-22,24,26-30,33H2,1-5H3,(H2,63,66)(H,64,68)(H,65,90)(H,70,82)(H,71,84)(H,72,85)(H,73,86)(H,74,89)(H,75,88)(H,76,83)(H,77,87);(H,6,7)/t43-,44-,45-,46+,47-,48-,49-,50-,51-;/m0./s1. The van der Waals surface area contributed by atoms with Crippen molar-refractivity contribution < 1.29 is 81.2 Å². The number of imidazole rings is 1. The highest BCUT2D eigenvalue weighted by atomic mass is 19.4. The van der Waals surface area contributed by atoms with E-state index in [2.05, 4.69) is 72.9 Å².